The summed E-state index contributed by atoms with van der Waals surface area (Å²) in [7, 11) is -3.40. The van der Waals surface area contributed by atoms with E-state index in [0.29, 0.717) is 13.2 Å². The maximum atomic E-state index is 12.1. The number of hydrogen-bond acceptors (Lipinski definition) is 4. The van der Waals surface area contributed by atoms with Gasteiger partial charge in [-0.25, -0.2) is 8.42 Å². The van der Waals surface area contributed by atoms with Gasteiger partial charge in [-0.1, -0.05) is 6.92 Å². The highest BCUT2D eigenvalue weighted by Gasteiger charge is 2.37. The quantitative estimate of drug-likeness (QED) is 0.775. The van der Waals surface area contributed by atoms with Gasteiger partial charge in [-0.3, -0.25) is 0 Å². The van der Waals surface area contributed by atoms with Gasteiger partial charge in [0.2, 0.25) is 10.0 Å². The Bertz CT molecular complexity index is 317. The van der Waals surface area contributed by atoms with E-state index >= 15 is 0 Å². The topological polar surface area (TPSA) is 66.8 Å². The van der Waals surface area contributed by atoms with Gasteiger partial charge < -0.3 is 9.84 Å². The molecule has 3 atom stereocenters. The van der Waals surface area contributed by atoms with E-state index < -0.39 is 15.3 Å². The Balaban J connectivity index is 2.89. The maximum Gasteiger partial charge on any atom is 0.219 e. The van der Waals surface area contributed by atoms with Gasteiger partial charge in [-0.05, 0) is 20.3 Å². The van der Waals surface area contributed by atoms with Crippen LogP contribution in [0.2, 0.25) is 0 Å². The summed E-state index contributed by atoms with van der Waals surface area (Å²) >= 11 is 0. The van der Waals surface area contributed by atoms with Gasteiger partial charge in [0.1, 0.15) is 0 Å². The maximum absolute atomic E-state index is 12.1. The Hall–Kier alpha value is -0.170. The van der Waals surface area contributed by atoms with E-state index in [0.717, 1.165) is 6.42 Å². The van der Waals surface area contributed by atoms with Gasteiger partial charge in [0, 0.05) is 12.6 Å². The van der Waals surface area contributed by atoms with Crippen molar-refractivity contribution in [1.82, 2.24) is 4.31 Å². The number of nitrogens with zero attached hydrogens (tertiary/aromatic N) is 1. The van der Waals surface area contributed by atoms with Gasteiger partial charge in [0.25, 0.3) is 0 Å². The fourth-order valence-corrected chi connectivity index (χ4v) is 3.47. The van der Waals surface area contributed by atoms with E-state index in [1.165, 1.54) is 11.2 Å². The minimum Gasteiger partial charge on any atom is -0.395 e. The molecule has 96 valence electrons. The number of aliphatic hydroxyl groups excluding tert-OH is 1. The third-order valence-electron chi connectivity index (χ3n) is 2.98. The average Bonchev–Trinajstić information content (AvgIpc) is 2.27. The second-order valence-corrected chi connectivity index (χ2v) is 6.62. The first-order chi connectivity index (χ1) is 7.43. The van der Waals surface area contributed by atoms with E-state index in [9.17, 15) is 8.42 Å². The second-order valence-electron chi connectivity index (χ2n) is 4.31. The number of aliphatic hydroxyl groups is 1. The standard InChI is InChI=1S/C10H21NO4S/c1-4-10-7-15-8(2)5-11(10)16(13,14)9(3)6-12/h8-10,12H,4-7H2,1-3H3. The van der Waals surface area contributed by atoms with Crippen molar-refractivity contribution in [2.75, 3.05) is 19.8 Å². The van der Waals surface area contributed by atoms with Crippen LogP contribution in [0.5, 0.6) is 0 Å². The number of ether oxygens (including phenoxy) is 1. The van der Waals surface area contributed by atoms with Crippen LogP contribution in [0.15, 0.2) is 0 Å². The van der Waals surface area contributed by atoms with Crippen molar-refractivity contribution in [1.29, 1.82) is 0 Å². The monoisotopic (exact) mass is 251 g/mol. The van der Waals surface area contributed by atoms with Gasteiger partial charge in [0.05, 0.1) is 24.6 Å². The molecule has 0 spiro atoms. The zero-order valence-electron chi connectivity index (χ0n) is 10.1. The first-order valence-corrected chi connectivity index (χ1v) is 7.16. The lowest BCUT2D eigenvalue weighted by molar-refractivity contribution is -0.0235. The summed E-state index contributed by atoms with van der Waals surface area (Å²) in [6, 6.07) is -0.102. The molecule has 1 aliphatic heterocycles. The molecule has 3 unspecified atom stereocenters. The van der Waals surface area contributed by atoms with Crippen LogP contribution in [0.25, 0.3) is 0 Å². The largest absolute Gasteiger partial charge is 0.395 e. The number of rotatable bonds is 4. The number of hydrogen-bond donors (Lipinski definition) is 1. The smallest absolute Gasteiger partial charge is 0.219 e. The first-order valence-electron chi connectivity index (χ1n) is 5.66. The Morgan fingerprint density at radius 2 is 2.19 bits per heavy atom. The van der Waals surface area contributed by atoms with Crippen LogP contribution in [0.3, 0.4) is 0 Å². The average molecular weight is 251 g/mol. The zero-order chi connectivity index (χ0) is 12.3. The predicted molar refractivity (Wildman–Crippen MR) is 61.7 cm³/mol. The summed E-state index contributed by atoms with van der Waals surface area (Å²) in [5.74, 6) is 0. The molecule has 0 aromatic heterocycles. The van der Waals surface area contributed by atoms with Crippen LogP contribution in [0, 0.1) is 0 Å². The SMILES string of the molecule is CCC1COC(C)CN1S(=O)(=O)C(C)CO. The molecule has 1 rings (SSSR count). The van der Waals surface area contributed by atoms with Crippen LogP contribution < -0.4 is 0 Å². The van der Waals surface area contributed by atoms with Crippen molar-refractivity contribution in [3.8, 4) is 0 Å². The van der Waals surface area contributed by atoms with Crippen molar-refractivity contribution in [2.45, 2.75) is 44.6 Å². The molecule has 1 aliphatic rings. The van der Waals surface area contributed by atoms with Crippen LogP contribution in [-0.4, -0.2) is 55.0 Å². The summed E-state index contributed by atoms with van der Waals surface area (Å²) < 4.78 is 31.2. The van der Waals surface area contributed by atoms with E-state index in [-0.39, 0.29) is 18.8 Å². The summed E-state index contributed by atoms with van der Waals surface area (Å²) in [6.07, 6.45) is 0.646. The second kappa shape index (κ2) is 5.44. The highest BCUT2D eigenvalue weighted by atomic mass is 32.2. The highest BCUT2D eigenvalue weighted by Crippen LogP contribution is 2.21. The molecule has 0 amide bonds. The molecule has 6 heteroatoms. The summed E-state index contributed by atoms with van der Waals surface area (Å²) in [4.78, 5) is 0. The minimum absolute atomic E-state index is 0.0801. The Morgan fingerprint density at radius 3 is 2.69 bits per heavy atom. The van der Waals surface area contributed by atoms with Crippen molar-refractivity contribution < 1.29 is 18.3 Å². The Labute approximate surface area is 97.4 Å². The van der Waals surface area contributed by atoms with Crippen molar-refractivity contribution in [3.05, 3.63) is 0 Å². The molecule has 1 heterocycles. The summed E-state index contributed by atoms with van der Waals surface area (Å²) in [5, 5.41) is 8.25. The molecule has 1 fully saturated rings. The fraction of sp³-hybridized carbons (Fsp3) is 1.00. The third-order valence-corrected chi connectivity index (χ3v) is 5.25. The predicted octanol–water partition coefficient (Wildman–Crippen LogP) is 0.196. The van der Waals surface area contributed by atoms with Crippen LogP contribution in [0.4, 0.5) is 0 Å². The normalized spacial score (nSPS) is 30.2. The third kappa shape index (κ3) is 2.74. The molecule has 0 aliphatic carbocycles. The fourth-order valence-electron chi connectivity index (χ4n) is 1.77. The molecule has 5 nitrogen and oxygen atoms in total. The molecule has 16 heavy (non-hydrogen) atoms. The summed E-state index contributed by atoms with van der Waals surface area (Å²) in [5.41, 5.74) is 0. The number of sulfonamides is 1. The zero-order valence-corrected chi connectivity index (χ0v) is 10.9. The Kier molecular flexibility index (Phi) is 4.73. The number of morpholine rings is 1. The van der Waals surface area contributed by atoms with Crippen LogP contribution in [-0.2, 0) is 14.8 Å². The lowest BCUT2D eigenvalue weighted by Gasteiger charge is -2.38. The first kappa shape index (κ1) is 13.9. The van der Waals surface area contributed by atoms with Crippen molar-refractivity contribution in [3.63, 3.8) is 0 Å². The lowest BCUT2D eigenvalue weighted by Crippen LogP contribution is -2.53. The van der Waals surface area contributed by atoms with Crippen molar-refractivity contribution in [2.24, 2.45) is 0 Å². The van der Waals surface area contributed by atoms with E-state index in [2.05, 4.69) is 0 Å². The lowest BCUT2D eigenvalue weighted by atomic mass is 10.2. The van der Waals surface area contributed by atoms with Crippen molar-refractivity contribution >= 4 is 10.0 Å². The molecule has 1 saturated heterocycles. The van der Waals surface area contributed by atoms with E-state index in [1.54, 1.807) is 0 Å². The van der Waals surface area contributed by atoms with Gasteiger partial charge in [-0.15, -0.1) is 0 Å². The minimum atomic E-state index is -3.40. The van der Waals surface area contributed by atoms with Crippen LogP contribution in [0.1, 0.15) is 27.2 Å². The van der Waals surface area contributed by atoms with Gasteiger partial charge in [-0.2, -0.15) is 4.31 Å². The Morgan fingerprint density at radius 1 is 1.56 bits per heavy atom. The molecule has 0 saturated carbocycles. The van der Waals surface area contributed by atoms with E-state index in [1.807, 2.05) is 13.8 Å². The molecule has 0 radical (unpaired) electrons. The molecular formula is C10H21NO4S. The van der Waals surface area contributed by atoms with Gasteiger partial charge in [0.15, 0.2) is 0 Å². The van der Waals surface area contributed by atoms with E-state index in [4.69, 9.17) is 9.84 Å². The molecular weight excluding hydrogens is 230 g/mol. The molecule has 0 bridgehead atoms. The highest BCUT2D eigenvalue weighted by molar-refractivity contribution is 7.89. The summed E-state index contributed by atoms with van der Waals surface area (Å²) in [6.45, 7) is 5.81. The molecule has 1 N–H and O–H groups in total. The van der Waals surface area contributed by atoms with Crippen LogP contribution >= 0.6 is 0 Å². The molecule has 0 aromatic carbocycles. The molecule has 0 aromatic rings. The van der Waals surface area contributed by atoms with Gasteiger partial charge >= 0.3 is 0 Å².